The average molecular weight is 589 g/mol. The lowest BCUT2D eigenvalue weighted by Gasteiger charge is -2.19. The van der Waals surface area contributed by atoms with Gasteiger partial charge in [-0.3, -0.25) is 4.98 Å². The molecule has 2 heterocycles. The summed E-state index contributed by atoms with van der Waals surface area (Å²) in [7, 11) is 0. The number of aryl methyl sites for hydroxylation is 2. The summed E-state index contributed by atoms with van der Waals surface area (Å²) in [5, 5.41) is 2.56. The van der Waals surface area contributed by atoms with Gasteiger partial charge in [0.2, 0.25) is 0 Å². The van der Waals surface area contributed by atoms with E-state index in [1.165, 1.54) is 72.0 Å². The molecule has 0 aliphatic heterocycles. The fourth-order valence-electron chi connectivity index (χ4n) is 7.49. The number of fused-ring (bicyclic) bond motifs is 7. The molecule has 0 fully saturated rings. The van der Waals surface area contributed by atoms with E-state index in [0.29, 0.717) is 0 Å². The van der Waals surface area contributed by atoms with Gasteiger partial charge in [-0.05, 0) is 83.6 Å². The number of hydrogen-bond acceptors (Lipinski definition) is 1. The lowest BCUT2D eigenvalue weighted by molar-refractivity contribution is 0.949. The van der Waals surface area contributed by atoms with E-state index >= 15 is 0 Å². The third-order valence-electron chi connectivity index (χ3n) is 9.55. The van der Waals surface area contributed by atoms with Gasteiger partial charge in [-0.15, -0.1) is 0 Å². The third-order valence-corrected chi connectivity index (χ3v) is 9.55. The highest BCUT2D eigenvalue weighted by Crippen LogP contribution is 2.53. The molecule has 1 aliphatic rings. The van der Waals surface area contributed by atoms with Crippen LogP contribution in [0.3, 0.4) is 0 Å². The van der Waals surface area contributed by atoms with Crippen LogP contribution < -0.4 is 0 Å². The summed E-state index contributed by atoms with van der Waals surface area (Å²) in [5.41, 5.74) is 17.0. The smallest absolute Gasteiger partial charge is 0.0711 e. The Morgan fingerprint density at radius 3 is 1.96 bits per heavy atom. The monoisotopic (exact) mass is 588 g/mol. The first-order chi connectivity index (χ1) is 22.6. The summed E-state index contributed by atoms with van der Waals surface area (Å²) >= 11 is 0. The Hall–Kier alpha value is -5.73. The van der Waals surface area contributed by atoms with Crippen LogP contribution in [0.25, 0.3) is 61.0 Å². The predicted molar refractivity (Wildman–Crippen MR) is 192 cm³/mol. The van der Waals surface area contributed by atoms with Gasteiger partial charge in [0.15, 0.2) is 0 Å². The van der Waals surface area contributed by atoms with Crippen molar-refractivity contribution < 1.29 is 0 Å². The molecule has 2 heteroatoms. The molecule has 0 spiro atoms. The SMILES string of the molecule is Cc1ccc2c(c1)-c1ccc3c4cc(C)ccc4n(-c4ccccc4)c3c1C2c1cc(-c2ccccc2)cc(-c2ccccc2)n1. The maximum absolute atomic E-state index is 5.50. The summed E-state index contributed by atoms with van der Waals surface area (Å²) in [6.45, 7) is 4.38. The molecule has 218 valence electrons. The molecule has 0 amide bonds. The summed E-state index contributed by atoms with van der Waals surface area (Å²) in [5.74, 6) is -0.0340. The summed E-state index contributed by atoms with van der Waals surface area (Å²) in [4.78, 5) is 5.50. The van der Waals surface area contributed by atoms with Gasteiger partial charge >= 0.3 is 0 Å². The van der Waals surface area contributed by atoms with Crippen LogP contribution in [-0.4, -0.2) is 9.55 Å². The molecule has 1 atom stereocenters. The number of hydrogen-bond donors (Lipinski definition) is 0. The molecule has 0 saturated carbocycles. The number of pyridine rings is 1. The van der Waals surface area contributed by atoms with Crippen LogP contribution in [0.4, 0.5) is 0 Å². The quantitative estimate of drug-likeness (QED) is 0.200. The molecule has 1 aliphatic carbocycles. The minimum absolute atomic E-state index is 0.0340. The van der Waals surface area contributed by atoms with Crippen molar-refractivity contribution in [2.24, 2.45) is 0 Å². The van der Waals surface area contributed by atoms with E-state index in [0.717, 1.165) is 17.0 Å². The molecule has 9 rings (SSSR count). The van der Waals surface area contributed by atoms with E-state index in [2.05, 4.69) is 170 Å². The second-order valence-electron chi connectivity index (χ2n) is 12.5. The van der Waals surface area contributed by atoms with Crippen molar-refractivity contribution in [3.8, 4) is 39.2 Å². The molecule has 0 bridgehead atoms. The maximum atomic E-state index is 5.50. The van der Waals surface area contributed by atoms with Crippen molar-refractivity contribution in [3.05, 3.63) is 180 Å². The standard InChI is InChI=1S/C44H32N2/c1-28-18-20-34-37(24-28)35-21-22-36-38-25-29(2)19-23-41(38)46(33-16-10-5-11-17-33)44(36)43(35)42(34)40-27-32(30-12-6-3-7-13-30)26-39(45-40)31-14-8-4-9-15-31/h3-27,42H,1-2H3. The topological polar surface area (TPSA) is 17.8 Å². The first kappa shape index (κ1) is 26.7. The molecule has 6 aromatic carbocycles. The van der Waals surface area contributed by atoms with Gasteiger partial charge < -0.3 is 4.57 Å². The normalized spacial score (nSPS) is 13.7. The highest BCUT2D eigenvalue weighted by atomic mass is 15.0. The number of para-hydroxylation sites is 1. The van der Waals surface area contributed by atoms with Crippen molar-refractivity contribution in [2.75, 3.05) is 0 Å². The highest BCUT2D eigenvalue weighted by molar-refractivity contribution is 6.13. The number of rotatable bonds is 4. The predicted octanol–water partition coefficient (Wildman–Crippen LogP) is 11.3. The van der Waals surface area contributed by atoms with Crippen LogP contribution in [0.15, 0.2) is 152 Å². The van der Waals surface area contributed by atoms with Crippen LogP contribution in [0.2, 0.25) is 0 Å². The number of benzene rings is 6. The van der Waals surface area contributed by atoms with Crippen molar-refractivity contribution in [1.29, 1.82) is 0 Å². The Morgan fingerprint density at radius 2 is 1.20 bits per heavy atom. The molecule has 2 nitrogen and oxygen atoms in total. The summed E-state index contributed by atoms with van der Waals surface area (Å²) in [6, 6.07) is 55.2. The van der Waals surface area contributed by atoms with Crippen molar-refractivity contribution in [1.82, 2.24) is 9.55 Å². The largest absolute Gasteiger partial charge is 0.309 e. The Bertz CT molecular complexity index is 2360. The summed E-state index contributed by atoms with van der Waals surface area (Å²) < 4.78 is 2.48. The van der Waals surface area contributed by atoms with Crippen molar-refractivity contribution >= 4 is 21.8 Å². The maximum Gasteiger partial charge on any atom is 0.0711 e. The van der Waals surface area contributed by atoms with E-state index in [1.54, 1.807) is 0 Å². The van der Waals surface area contributed by atoms with Crippen LogP contribution in [0.1, 0.15) is 33.9 Å². The first-order valence-corrected chi connectivity index (χ1v) is 16.0. The van der Waals surface area contributed by atoms with Gasteiger partial charge in [-0.25, -0.2) is 0 Å². The lowest BCUT2D eigenvalue weighted by Crippen LogP contribution is -2.06. The van der Waals surface area contributed by atoms with E-state index in [9.17, 15) is 0 Å². The fraction of sp³-hybridized carbons (Fsp3) is 0.0682. The Balaban J connectivity index is 1.41. The number of nitrogens with zero attached hydrogens (tertiary/aromatic N) is 2. The van der Waals surface area contributed by atoms with Gasteiger partial charge in [0.25, 0.3) is 0 Å². The zero-order valence-corrected chi connectivity index (χ0v) is 25.9. The van der Waals surface area contributed by atoms with Gasteiger partial charge in [-0.1, -0.05) is 126 Å². The average Bonchev–Trinajstić information content (AvgIpc) is 3.61. The minimum Gasteiger partial charge on any atom is -0.309 e. The molecule has 8 aromatic rings. The second-order valence-corrected chi connectivity index (χ2v) is 12.5. The lowest BCUT2D eigenvalue weighted by atomic mass is 9.89. The van der Waals surface area contributed by atoms with Crippen LogP contribution in [0.5, 0.6) is 0 Å². The molecule has 1 unspecified atom stereocenters. The van der Waals surface area contributed by atoms with Crippen LogP contribution in [0, 0.1) is 13.8 Å². The van der Waals surface area contributed by atoms with Gasteiger partial charge in [0, 0.05) is 22.0 Å². The third kappa shape index (κ3) is 4.14. The second kappa shape index (κ2) is 10.4. The van der Waals surface area contributed by atoms with Crippen molar-refractivity contribution in [2.45, 2.75) is 19.8 Å². The molecular weight excluding hydrogens is 556 g/mol. The molecule has 0 radical (unpaired) electrons. The molecular formula is C44H32N2. The first-order valence-electron chi connectivity index (χ1n) is 16.0. The Morgan fingerprint density at radius 1 is 0.522 bits per heavy atom. The Labute approximate surface area is 269 Å². The van der Waals surface area contributed by atoms with Gasteiger partial charge in [0.1, 0.15) is 0 Å². The van der Waals surface area contributed by atoms with E-state index in [1.807, 2.05) is 0 Å². The van der Waals surface area contributed by atoms with Gasteiger partial charge in [-0.2, -0.15) is 0 Å². The molecule has 2 aromatic heterocycles. The number of aromatic nitrogens is 2. The van der Waals surface area contributed by atoms with Gasteiger partial charge in [0.05, 0.1) is 28.3 Å². The molecule has 0 N–H and O–H groups in total. The highest BCUT2D eigenvalue weighted by Gasteiger charge is 2.35. The minimum atomic E-state index is -0.0340. The molecule has 0 saturated heterocycles. The zero-order chi connectivity index (χ0) is 30.8. The van der Waals surface area contributed by atoms with E-state index in [-0.39, 0.29) is 5.92 Å². The molecule has 46 heavy (non-hydrogen) atoms. The van der Waals surface area contributed by atoms with E-state index in [4.69, 9.17) is 4.98 Å². The van der Waals surface area contributed by atoms with Crippen molar-refractivity contribution in [3.63, 3.8) is 0 Å². The van der Waals surface area contributed by atoms with E-state index < -0.39 is 0 Å². The fourth-order valence-corrected chi connectivity index (χ4v) is 7.49. The summed E-state index contributed by atoms with van der Waals surface area (Å²) in [6.07, 6.45) is 0. The Kier molecular flexibility index (Phi) is 6.04. The van der Waals surface area contributed by atoms with Crippen LogP contribution in [-0.2, 0) is 0 Å². The zero-order valence-electron chi connectivity index (χ0n) is 25.9. The van der Waals surface area contributed by atoms with Crippen LogP contribution >= 0.6 is 0 Å².